The Bertz CT molecular complexity index is 346. The van der Waals surface area contributed by atoms with Gasteiger partial charge in [-0.3, -0.25) is 0 Å². The van der Waals surface area contributed by atoms with Gasteiger partial charge in [-0.25, -0.2) is 4.39 Å². The average molecular weight is 207 g/mol. The third-order valence-electron chi connectivity index (χ3n) is 3.08. The van der Waals surface area contributed by atoms with Crippen molar-refractivity contribution in [3.63, 3.8) is 0 Å². The molecule has 82 valence electrons. The van der Waals surface area contributed by atoms with Crippen LogP contribution in [0.3, 0.4) is 0 Å². The molecule has 0 saturated carbocycles. The van der Waals surface area contributed by atoms with Crippen LogP contribution >= 0.6 is 0 Å². The van der Waals surface area contributed by atoms with Crippen LogP contribution in [0, 0.1) is 5.82 Å². The number of hydrogen-bond donors (Lipinski definition) is 1. The molecule has 1 aliphatic carbocycles. The van der Waals surface area contributed by atoms with Crippen molar-refractivity contribution in [3.05, 3.63) is 35.1 Å². The predicted octanol–water partition coefficient (Wildman–Crippen LogP) is 2.85. The van der Waals surface area contributed by atoms with Crippen molar-refractivity contribution >= 4 is 0 Å². The van der Waals surface area contributed by atoms with Crippen molar-refractivity contribution in [1.82, 2.24) is 5.32 Å². The SMILES string of the molecule is CC(C)NCC1CCc2cc(F)ccc21. The molecule has 0 bridgehead atoms. The summed E-state index contributed by atoms with van der Waals surface area (Å²) in [5.74, 6) is 0.467. The Labute approximate surface area is 90.7 Å². The highest BCUT2D eigenvalue weighted by atomic mass is 19.1. The highest BCUT2D eigenvalue weighted by molar-refractivity contribution is 5.35. The molecular formula is C13H18FN. The molecule has 1 atom stereocenters. The smallest absolute Gasteiger partial charge is 0.123 e. The molecule has 0 aromatic heterocycles. The molecule has 2 heteroatoms. The Morgan fingerprint density at radius 2 is 2.27 bits per heavy atom. The minimum Gasteiger partial charge on any atom is -0.314 e. The second-order valence-electron chi connectivity index (χ2n) is 4.64. The van der Waals surface area contributed by atoms with Gasteiger partial charge in [-0.15, -0.1) is 0 Å². The Morgan fingerprint density at radius 3 is 3.00 bits per heavy atom. The molecule has 0 saturated heterocycles. The van der Waals surface area contributed by atoms with Gasteiger partial charge in [-0.2, -0.15) is 0 Å². The zero-order valence-corrected chi connectivity index (χ0v) is 9.39. The maximum atomic E-state index is 13.0. The van der Waals surface area contributed by atoms with E-state index in [1.165, 1.54) is 11.1 Å². The molecule has 0 fully saturated rings. The summed E-state index contributed by atoms with van der Waals surface area (Å²) in [5.41, 5.74) is 2.54. The van der Waals surface area contributed by atoms with Crippen LogP contribution in [0.25, 0.3) is 0 Å². The monoisotopic (exact) mass is 207 g/mol. The van der Waals surface area contributed by atoms with E-state index in [2.05, 4.69) is 19.2 Å². The number of hydrogen-bond acceptors (Lipinski definition) is 1. The van der Waals surface area contributed by atoms with Crippen molar-refractivity contribution in [2.75, 3.05) is 6.54 Å². The Hall–Kier alpha value is -0.890. The van der Waals surface area contributed by atoms with Gasteiger partial charge < -0.3 is 5.32 Å². The first-order chi connectivity index (χ1) is 7.16. The minimum absolute atomic E-state index is 0.105. The van der Waals surface area contributed by atoms with Gasteiger partial charge in [-0.1, -0.05) is 19.9 Å². The lowest BCUT2D eigenvalue weighted by Crippen LogP contribution is -2.27. The van der Waals surface area contributed by atoms with Gasteiger partial charge in [0.15, 0.2) is 0 Å². The molecule has 1 aliphatic rings. The quantitative estimate of drug-likeness (QED) is 0.803. The summed E-state index contributed by atoms with van der Waals surface area (Å²) in [6, 6.07) is 5.73. The minimum atomic E-state index is -0.105. The largest absolute Gasteiger partial charge is 0.314 e. The van der Waals surface area contributed by atoms with E-state index in [1.54, 1.807) is 12.1 Å². The number of fused-ring (bicyclic) bond motifs is 1. The van der Waals surface area contributed by atoms with Crippen LogP contribution in [0.4, 0.5) is 4.39 Å². The zero-order chi connectivity index (χ0) is 10.8. The standard InChI is InChI=1S/C13H18FN/c1-9(2)15-8-11-4-3-10-7-12(14)5-6-13(10)11/h5-7,9,11,15H,3-4,8H2,1-2H3. The van der Waals surface area contributed by atoms with E-state index >= 15 is 0 Å². The normalized spacial score (nSPS) is 19.6. The predicted molar refractivity (Wildman–Crippen MR) is 60.6 cm³/mol. The second-order valence-corrected chi connectivity index (χ2v) is 4.64. The molecule has 0 radical (unpaired) electrons. The van der Waals surface area contributed by atoms with Gasteiger partial charge in [0.2, 0.25) is 0 Å². The van der Waals surface area contributed by atoms with E-state index in [0.29, 0.717) is 12.0 Å². The van der Waals surface area contributed by atoms with Gasteiger partial charge in [0.1, 0.15) is 5.82 Å². The summed E-state index contributed by atoms with van der Waals surface area (Å²) in [4.78, 5) is 0. The lowest BCUT2D eigenvalue weighted by atomic mass is 10.0. The van der Waals surface area contributed by atoms with E-state index in [-0.39, 0.29) is 5.82 Å². The number of rotatable bonds is 3. The fourth-order valence-corrected chi connectivity index (χ4v) is 2.26. The fourth-order valence-electron chi connectivity index (χ4n) is 2.26. The van der Waals surface area contributed by atoms with E-state index in [1.807, 2.05) is 6.07 Å². The first-order valence-corrected chi connectivity index (χ1v) is 5.68. The first-order valence-electron chi connectivity index (χ1n) is 5.68. The third kappa shape index (κ3) is 2.37. The van der Waals surface area contributed by atoms with Gasteiger partial charge in [-0.05, 0) is 42.0 Å². The Morgan fingerprint density at radius 1 is 1.47 bits per heavy atom. The molecule has 0 aliphatic heterocycles. The van der Waals surface area contributed by atoms with Crippen LogP contribution in [0.15, 0.2) is 18.2 Å². The summed E-state index contributed by atoms with van der Waals surface area (Å²) >= 11 is 0. The van der Waals surface area contributed by atoms with Crippen molar-refractivity contribution in [1.29, 1.82) is 0 Å². The van der Waals surface area contributed by atoms with Gasteiger partial charge in [0.25, 0.3) is 0 Å². The summed E-state index contributed by atoms with van der Waals surface area (Å²) < 4.78 is 13.0. The Kier molecular flexibility index (Phi) is 3.06. The lowest BCUT2D eigenvalue weighted by Gasteiger charge is -2.14. The first kappa shape index (κ1) is 10.6. The third-order valence-corrected chi connectivity index (χ3v) is 3.08. The van der Waals surface area contributed by atoms with E-state index in [4.69, 9.17) is 0 Å². The molecule has 1 aromatic rings. The van der Waals surface area contributed by atoms with Gasteiger partial charge in [0.05, 0.1) is 0 Å². The van der Waals surface area contributed by atoms with E-state index < -0.39 is 0 Å². The van der Waals surface area contributed by atoms with Crippen LogP contribution in [0.2, 0.25) is 0 Å². The van der Waals surface area contributed by atoms with Crippen molar-refractivity contribution in [3.8, 4) is 0 Å². The lowest BCUT2D eigenvalue weighted by molar-refractivity contribution is 0.526. The number of halogens is 1. The van der Waals surface area contributed by atoms with Gasteiger partial charge in [0, 0.05) is 12.6 Å². The summed E-state index contributed by atoms with van der Waals surface area (Å²) in [5, 5.41) is 3.45. The van der Waals surface area contributed by atoms with Crippen LogP contribution in [-0.2, 0) is 6.42 Å². The van der Waals surface area contributed by atoms with Crippen LogP contribution in [-0.4, -0.2) is 12.6 Å². The highest BCUT2D eigenvalue weighted by Crippen LogP contribution is 2.32. The van der Waals surface area contributed by atoms with Crippen LogP contribution in [0.5, 0.6) is 0 Å². The maximum absolute atomic E-state index is 13.0. The number of aryl methyl sites for hydroxylation is 1. The molecule has 1 N–H and O–H groups in total. The van der Waals surface area contributed by atoms with Crippen molar-refractivity contribution < 1.29 is 4.39 Å². The summed E-state index contributed by atoms with van der Waals surface area (Å²) in [6.45, 7) is 5.32. The molecule has 15 heavy (non-hydrogen) atoms. The average Bonchev–Trinajstić information content (AvgIpc) is 2.57. The molecule has 0 amide bonds. The zero-order valence-electron chi connectivity index (χ0n) is 9.39. The van der Waals surface area contributed by atoms with Gasteiger partial charge >= 0.3 is 0 Å². The summed E-state index contributed by atoms with van der Waals surface area (Å²) in [7, 11) is 0. The molecule has 1 aromatic carbocycles. The van der Waals surface area contributed by atoms with Crippen molar-refractivity contribution in [2.45, 2.75) is 38.6 Å². The molecule has 1 nitrogen and oxygen atoms in total. The second kappa shape index (κ2) is 4.31. The highest BCUT2D eigenvalue weighted by Gasteiger charge is 2.22. The number of nitrogens with one attached hydrogen (secondary N) is 1. The van der Waals surface area contributed by atoms with E-state index in [9.17, 15) is 4.39 Å². The summed E-state index contributed by atoms with van der Waals surface area (Å²) in [6.07, 6.45) is 2.18. The Balaban J connectivity index is 2.08. The topological polar surface area (TPSA) is 12.0 Å². The fraction of sp³-hybridized carbons (Fsp3) is 0.538. The number of benzene rings is 1. The van der Waals surface area contributed by atoms with E-state index in [0.717, 1.165) is 19.4 Å². The molecule has 1 unspecified atom stereocenters. The molecule has 0 heterocycles. The van der Waals surface area contributed by atoms with Crippen LogP contribution in [0.1, 0.15) is 37.3 Å². The maximum Gasteiger partial charge on any atom is 0.123 e. The van der Waals surface area contributed by atoms with Crippen LogP contribution < -0.4 is 5.32 Å². The molecule has 2 rings (SSSR count). The van der Waals surface area contributed by atoms with Crippen molar-refractivity contribution in [2.24, 2.45) is 0 Å². The molecule has 0 spiro atoms. The molecular weight excluding hydrogens is 189 g/mol.